The second kappa shape index (κ2) is 9.60. The van der Waals surface area contributed by atoms with E-state index in [0.717, 1.165) is 55.4 Å². The summed E-state index contributed by atoms with van der Waals surface area (Å²) in [7, 11) is 0. The Morgan fingerprint density at radius 2 is 1.87 bits per heavy atom. The molecule has 31 heavy (non-hydrogen) atoms. The Hall–Kier alpha value is -2.07. The summed E-state index contributed by atoms with van der Waals surface area (Å²) >= 11 is 6.27. The summed E-state index contributed by atoms with van der Waals surface area (Å²) in [6, 6.07) is 14.4. The first-order chi connectivity index (χ1) is 15.2. The third-order valence-electron chi connectivity index (χ3n) is 6.80. The lowest BCUT2D eigenvalue weighted by molar-refractivity contribution is -0.0628. The summed E-state index contributed by atoms with van der Waals surface area (Å²) in [6.45, 7) is 4.63. The monoisotopic (exact) mass is 435 g/mol. The van der Waals surface area contributed by atoms with Crippen LogP contribution in [0.25, 0.3) is 0 Å². The molecule has 0 radical (unpaired) electrons. The number of halogens is 1. The number of hydrogen-bond donors (Lipinski definition) is 0. The Kier molecular flexibility index (Phi) is 6.45. The van der Waals surface area contributed by atoms with E-state index < -0.39 is 0 Å². The summed E-state index contributed by atoms with van der Waals surface area (Å²) in [5.74, 6) is 2.07. The van der Waals surface area contributed by atoms with Gasteiger partial charge in [-0.15, -0.1) is 0 Å². The molecule has 0 bridgehead atoms. The average molecular weight is 436 g/mol. The molecule has 2 aromatic rings. The molecule has 1 aliphatic carbocycles. The highest BCUT2D eigenvalue weighted by Gasteiger charge is 2.28. The smallest absolute Gasteiger partial charge is 0.120 e. The first kappa shape index (κ1) is 20.8. The quantitative estimate of drug-likeness (QED) is 0.547. The molecule has 3 aliphatic rings. The zero-order valence-electron chi connectivity index (χ0n) is 17.9. The van der Waals surface area contributed by atoms with Crippen LogP contribution in [0, 0.1) is 11.8 Å². The van der Waals surface area contributed by atoms with E-state index >= 15 is 0 Å². The maximum Gasteiger partial charge on any atom is 0.120 e. The first-order valence-electron chi connectivity index (χ1n) is 11.4. The van der Waals surface area contributed by atoms with Crippen LogP contribution in [0.4, 0.5) is 0 Å². The predicted octanol–water partition coefficient (Wildman–Crippen LogP) is 5.81. The van der Waals surface area contributed by atoms with Crippen molar-refractivity contribution in [1.82, 2.24) is 4.90 Å². The summed E-state index contributed by atoms with van der Waals surface area (Å²) in [4.78, 5) is 2.60. The van der Waals surface area contributed by atoms with Gasteiger partial charge in [0.15, 0.2) is 0 Å². The van der Waals surface area contributed by atoms with Crippen molar-refractivity contribution in [2.75, 3.05) is 19.7 Å². The van der Waals surface area contributed by atoms with Gasteiger partial charge in [-0.25, -0.2) is 0 Å². The lowest BCUT2D eigenvalue weighted by Gasteiger charge is -2.36. The standard InChI is InChI=1S/C27H30ClNO2/c28-27-8-4-3-7-23(27)19-31-25-10-9-20-11-13-29(18-24(20)16-25)17-22-6-2-1-5-21(22)15-26-12-14-30-26/h1-10,16,21-22,26H,11-15,17-19H2/t21-,22?,26?/m1/s1. The molecule has 0 aromatic heterocycles. The second-order valence-electron chi connectivity index (χ2n) is 8.91. The molecule has 0 amide bonds. The van der Waals surface area contributed by atoms with E-state index in [0.29, 0.717) is 24.5 Å². The average Bonchev–Trinajstić information content (AvgIpc) is 2.76. The van der Waals surface area contributed by atoms with Crippen LogP contribution < -0.4 is 4.74 Å². The van der Waals surface area contributed by atoms with Crippen molar-refractivity contribution in [1.29, 1.82) is 0 Å². The Morgan fingerprint density at radius 3 is 2.68 bits per heavy atom. The number of hydrogen-bond acceptors (Lipinski definition) is 3. The number of fused-ring (bicyclic) bond motifs is 1. The van der Waals surface area contributed by atoms with E-state index in [1.165, 1.54) is 17.5 Å². The van der Waals surface area contributed by atoms with Crippen molar-refractivity contribution >= 4 is 11.6 Å². The minimum atomic E-state index is 0.462. The molecule has 2 unspecified atom stereocenters. The Bertz CT molecular complexity index is 965. The fourth-order valence-corrected chi connectivity index (χ4v) is 5.03. The van der Waals surface area contributed by atoms with E-state index in [1.807, 2.05) is 24.3 Å². The highest BCUT2D eigenvalue weighted by Crippen LogP contribution is 2.31. The van der Waals surface area contributed by atoms with Crippen molar-refractivity contribution < 1.29 is 9.47 Å². The van der Waals surface area contributed by atoms with Crippen LogP contribution in [0.15, 0.2) is 66.8 Å². The van der Waals surface area contributed by atoms with Gasteiger partial charge in [0.05, 0.1) is 6.10 Å². The fraction of sp³-hybridized carbons (Fsp3) is 0.407. The molecule has 1 fully saturated rings. The third kappa shape index (κ3) is 5.06. The number of benzene rings is 2. The molecule has 0 spiro atoms. The van der Waals surface area contributed by atoms with Crippen LogP contribution in [0.3, 0.4) is 0 Å². The van der Waals surface area contributed by atoms with Crippen molar-refractivity contribution in [2.24, 2.45) is 11.8 Å². The van der Waals surface area contributed by atoms with E-state index in [9.17, 15) is 0 Å². The van der Waals surface area contributed by atoms with Crippen molar-refractivity contribution in [2.45, 2.75) is 38.5 Å². The van der Waals surface area contributed by atoms with E-state index in [2.05, 4.69) is 47.4 Å². The molecule has 0 saturated carbocycles. The summed E-state index contributed by atoms with van der Waals surface area (Å²) in [6.07, 6.45) is 13.1. The number of allylic oxidation sites excluding steroid dienone is 3. The maximum absolute atomic E-state index is 6.27. The van der Waals surface area contributed by atoms with Crippen LogP contribution >= 0.6 is 11.6 Å². The largest absolute Gasteiger partial charge is 0.489 e. The van der Waals surface area contributed by atoms with E-state index in [-0.39, 0.29) is 0 Å². The van der Waals surface area contributed by atoms with Crippen LogP contribution in [0.1, 0.15) is 29.5 Å². The van der Waals surface area contributed by atoms with Gasteiger partial charge in [0, 0.05) is 36.8 Å². The Labute approximate surface area is 190 Å². The molecule has 2 aliphatic heterocycles. The van der Waals surface area contributed by atoms with Crippen LogP contribution in [-0.4, -0.2) is 30.7 Å². The Balaban J connectivity index is 1.21. The second-order valence-corrected chi connectivity index (χ2v) is 9.32. The van der Waals surface area contributed by atoms with Crippen LogP contribution in [-0.2, 0) is 24.3 Å². The van der Waals surface area contributed by atoms with Gasteiger partial charge in [0.2, 0.25) is 0 Å². The summed E-state index contributed by atoms with van der Waals surface area (Å²) < 4.78 is 11.8. The molecule has 2 aromatic carbocycles. The topological polar surface area (TPSA) is 21.7 Å². The van der Waals surface area contributed by atoms with Gasteiger partial charge in [-0.3, -0.25) is 4.90 Å². The molecule has 3 nitrogen and oxygen atoms in total. The number of nitrogens with zero attached hydrogens (tertiary/aromatic N) is 1. The molecule has 3 atom stereocenters. The van der Waals surface area contributed by atoms with Gasteiger partial charge in [0.25, 0.3) is 0 Å². The fourth-order valence-electron chi connectivity index (χ4n) is 4.83. The van der Waals surface area contributed by atoms with E-state index in [1.54, 1.807) is 0 Å². The molecule has 5 rings (SSSR count). The molecule has 2 heterocycles. The van der Waals surface area contributed by atoms with Crippen LogP contribution in [0.5, 0.6) is 5.75 Å². The molecule has 0 N–H and O–H groups in total. The molecule has 4 heteroatoms. The highest BCUT2D eigenvalue weighted by atomic mass is 35.5. The number of rotatable bonds is 7. The zero-order chi connectivity index (χ0) is 21.0. The van der Waals surface area contributed by atoms with Gasteiger partial charge in [0.1, 0.15) is 12.4 Å². The molecular formula is C27H30ClNO2. The van der Waals surface area contributed by atoms with E-state index in [4.69, 9.17) is 21.1 Å². The van der Waals surface area contributed by atoms with Crippen molar-refractivity contribution in [3.8, 4) is 5.75 Å². The van der Waals surface area contributed by atoms with Crippen molar-refractivity contribution in [3.63, 3.8) is 0 Å². The van der Waals surface area contributed by atoms with Gasteiger partial charge in [-0.2, -0.15) is 0 Å². The minimum absolute atomic E-state index is 0.462. The minimum Gasteiger partial charge on any atom is -0.489 e. The van der Waals surface area contributed by atoms with Crippen LogP contribution in [0.2, 0.25) is 5.02 Å². The molecule has 1 saturated heterocycles. The highest BCUT2D eigenvalue weighted by molar-refractivity contribution is 6.31. The third-order valence-corrected chi connectivity index (χ3v) is 7.17. The maximum atomic E-state index is 6.27. The molecular weight excluding hydrogens is 406 g/mol. The molecule has 162 valence electrons. The lowest BCUT2D eigenvalue weighted by atomic mass is 9.82. The summed E-state index contributed by atoms with van der Waals surface area (Å²) in [5, 5.41) is 0.753. The lowest BCUT2D eigenvalue weighted by Crippen LogP contribution is -2.38. The SMILES string of the molecule is Clc1ccccc1COc1ccc2c(c1)CN(CC1C=CC=C[C@@H]1CC1CCO1)CC2. The Morgan fingerprint density at radius 1 is 1.03 bits per heavy atom. The van der Waals surface area contributed by atoms with Gasteiger partial charge < -0.3 is 9.47 Å². The normalized spacial score (nSPS) is 25.1. The first-order valence-corrected chi connectivity index (χ1v) is 11.8. The predicted molar refractivity (Wildman–Crippen MR) is 125 cm³/mol. The van der Waals surface area contributed by atoms with Gasteiger partial charge >= 0.3 is 0 Å². The van der Waals surface area contributed by atoms with Crippen molar-refractivity contribution in [3.05, 3.63) is 88.5 Å². The van der Waals surface area contributed by atoms with Gasteiger partial charge in [-0.1, -0.05) is 60.2 Å². The van der Waals surface area contributed by atoms with Gasteiger partial charge in [-0.05, 0) is 60.4 Å². The summed E-state index contributed by atoms with van der Waals surface area (Å²) in [5.41, 5.74) is 3.85. The zero-order valence-corrected chi connectivity index (χ0v) is 18.6. The number of ether oxygens (including phenoxy) is 2.